The van der Waals surface area contributed by atoms with Gasteiger partial charge in [-0.05, 0) is 37.6 Å². The van der Waals surface area contributed by atoms with Crippen molar-refractivity contribution < 1.29 is 0 Å². The topological polar surface area (TPSA) is 53.6 Å². The summed E-state index contributed by atoms with van der Waals surface area (Å²) in [4.78, 5) is 11.8. The van der Waals surface area contributed by atoms with E-state index in [0.717, 1.165) is 33.8 Å². The first kappa shape index (κ1) is 14.6. The first-order valence-electron chi connectivity index (χ1n) is 5.97. The zero-order valence-electron chi connectivity index (χ0n) is 11.1. The molecular formula is C14H14Cl2N4. The third kappa shape index (κ3) is 2.57. The lowest BCUT2D eigenvalue weighted by molar-refractivity contribution is 1.18. The van der Waals surface area contributed by atoms with Crippen molar-refractivity contribution in [1.29, 1.82) is 0 Å². The van der Waals surface area contributed by atoms with Crippen LogP contribution in [0.2, 0.25) is 5.02 Å². The van der Waals surface area contributed by atoms with Crippen molar-refractivity contribution in [3.05, 3.63) is 46.9 Å². The number of aromatic nitrogens is 3. The number of hydrogen-bond donors (Lipinski definition) is 2. The molecule has 0 amide bonds. The highest BCUT2D eigenvalue weighted by Gasteiger charge is 2.11. The lowest BCUT2D eigenvalue weighted by Gasteiger charge is -2.07. The molecule has 0 atom stereocenters. The second-order valence-corrected chi connectivity index (χ2v) is 4.89. The molecule has 0 unspecified atom stereocenters. The number of halogens is 2. The highest BCUT2D eigenvalue weighted by molar-refractivity contribution is 6.30. The smallest absolute Gasteiger partial charge is 0.143 e. The van der Waals surface area contributed by atoms with Gasteiger partial charge in [-0.15, -0.1) is 12.4 Å². The van der Waals surface area contributed by atoms with Gasteiger partial charge in [0, 0.05) is 16.4 Å². The van der Waals surface area contributed by atoms with E-state index >= 15 is 0 Å². The molecule has 0 radical (unpaired) electrons. The van der Waals surface area contributed by atoms with Crippen molar-refractivity contribution in [1.82, 2.24) is 15.0 Å². The predicted molar refractivity (Wildman–Crippen MR) is 85.3 cm³/mol. The molecule has 0 spiro atoms. The summed E-state index contributed by atoms with van der Waals surface area (Å²) in [5, 5.41) is 4.99. The molecule has 3 rings (SSSR count). The van der Waals surface area contributed by atoms with Crippen molar-refractivity contribution in [2.45, 2.75) is 13.8 Å². The van der Waals surface area contributed by atoms with E-state index in [1.807, 2.05) is 31.2 Å². The fourth-order valence-electron chi connectivity index (χ4n) is 2.09. The largest absolute Gasteiger partial charge is 0.343 e. The molecule has 0 bridgehead atoms. The van der Waals surface area contributed by atoms with Crippen molar-refractivity contribution in [3.8, 4) is 0 Å². The van der Waals surface area contributed by atoms with Gasteiger partial charge in [-0.2, -0.15) is 0 Å². The number of aromatic amines is 1. The molecule has 20 heavy (non-hydrogen) atoms. The van der Waals surface area contributed by atoms with E-state index in [1.54, 1.807) is 6.33 Å². The zero-order chi connectivity index (χ0) is 13.4. The number of benzene rings is 1. The van der Waals surface area contributed by atoms with Gasteiger partial charge in [0.25, 0.3) is 0 Å². The minimum atomic E-state index is 0. The average Bonchev–Trinajstić information content (AvgIpc) is 2.66. The van der Waals surface area contributed by atoms with Crippen LogP contribution >= 0.6 is 24.0 Å². The van der Waals surface area contributed by atoms with E-state index in [-0.39, 0.29) is 12.4 Å². The number of H-pyrrole nitrogens is 1. The van der Waals surface area contributed by atoms with Crippen LogP contribution in [-0.4, -0.2) is 15.0 Å². The molecule has 0 fully saturated rings. The molecule has 3 aromatic rings. The van der Waals surface area contributed by atoms with Gasteiger partial charge in [0.2, 0.25) is 0 Å². The molecule has 2 heterocycles. The Morgan fingerprint density at radius 3 is 2.75 bits per heavy atom. The minimum absolute atomic E-state index is 0. The third-order valence-electron chi connectivity index (χ3n) is 3.18. The molecule has 4 nitrogen and oxygen atoms in total. The summed E-state index contributed by atoms with van der Waals surface area (Å²) in [6, 6.07) is 7.56. The number of aryl methyl sites for hydroxylation is 2. The summed E-state index contributed by atoms with van der Waals surface area (Å²) in [6.45, 7) is 4.08. The van der Waals surface area contributed by atoms with Crippen LogP contribution in [0, 0.1) is 13.8 Å². The van der Waals surface area contributed by atoms with Crippen molar-refractivity contribution in [3.63, 3.8) is 0 Å². The van der Waals surface area contributed by atoms with Gasteiger partial charge in [-0.1, -0.05) is 17.7 Å². The van der Waals surface area contributed by atoms with E-state index in [0.29, 0.717) is 5.02 Å². The molecule has 2 N–H and O–H groups in total. The van der Waals surface area contributed by atoms with Gasteiger partial charge in [-0.3, -0.25) is 0 Å². The number of fused-ring (bicyclic) bond motifs is 1. The summed E-state index contributed by atoms with van der Waals surface area (Å²) in [7, 11) is 0. The second-order valence-electron chi connectivity index (χ2n) is 4.46. The Hall–Kier alpha value is -1.78. The van der Waals surface area contributed by atoms with Gasteiger partial charge in [-0.25, -0.2) is 9.97 Å². The Balaban J connectivity index is 0.00000147. The average molecular weight is 309 g/mol. The van der Waals surface area contributed by atoms with Crippen LogP contribution in [0.15, 0.2) is 30.6 Å². The number of anilines is 2. The van der Waals surface area contributed by atoms with E-state index in [2.05, 4.69) is 27.2 Å². The monoisotopic (exact) mass is 308 g/mol. The van der Waals surface area contributed by atoms with Gasteiger partial charge in [0.15, 0.2) is 0 Å². The molecule has 2 aromatic heterocycles. The fraction of sp³-hybridized carbons (Fsp3) is 0.143. The normalized spacial score (nSPS) is 10.3. The molecule has 6 heteroatoms. The van der Waals surface area contributed by atoms with E-state index in [1.165, 1.54) is 0 Å². The van der Waals surface area contributed by atoms with Gasteiger partial charge < -0.3 is 10.3 Å². The Bertz CT molecular complexity index is 752. The second kappa shape index (κ2) is 5.69. The Morgan fingerprint density at radius 1 is 1.20 bits per heavy atom. The van der Waals surface area contributed by atoms with Crippen LogP contribution < -0.4 is 5.32 Å². The van der Waals surface area contributed by atoms with E-state index in [4.69, 9.17) is 11.6 Å². The van der Waals surface area contributed by atoms with Crippen molar-refractivity contribution in [2.24, 2.45) is 0 Å². The summed E-state index contributed by atoms with van der Waals surface area (Å²) in [6.07, 6.45) is 1.55. The van der Waals surface area contributed by atoms with Crippen LogP contribution in [0.4, 0.5) is 11.5 Å². The van der Waals surface area contributed by atoms with Gasteiger partial charge in [0.1, 0.15) is 17.8 Å². The molecule has 0 aliphatic rings. The SMILES string of the molecule is Cc1[nH]c2ncnc(Nc3cccc(Cl)c3)c2c1C.Cl. The number of rotatable bonds is 2. The maximum Gasteiger partial charge on any atom is 0.143 e. The maximum absolute atomic E-state index is 5.99. The quantitative estimate of drug-likeness (QED) is 0.738. The van der Waals surface area contributed by atoms with Crippen LogP contribution in [0.5, 0.6) is 0 Å². The Morgan fingerprint density at radius 2 is 2.00 bits per heavy atom. The Labute approximate surface area is 128 Å². The third-order valence-corrected chi connectivity index (χ3v) is 3.41. The van der Waals surface area contributed by atoms with Crippen molar-refractivity contribution in [2.75, 3.05) is 5.32 Å². The summed E-state index contributed by atoms with van der Waals surface area (Å²) in [5.41, 5.74) is 4.00. The highest BCUT2D eigenvalue weighted by atomic mass is 35.5. The molecule has 0 saturated heterocycles. The van der Waals surface area contributed by atoms with Crippen LogP contribution in [-0.2, 0) is 0 Å². The summed E-state index contributed by atoms with van der Waals surface area (Å²) < 4.78 is 0. The maximum atomic E-state index is 5.99. The molecule has 0 aliphatic carbocycles. The number of hydrogen-bond acceptors (Lipinski definition) is 3. The van der Waals surface area contributed by atoms with Gasteiger partial charge >= 0.3 is 0 Å². The predicted octanol–water partition coefficient (Wildman–Crippen LogP) is 4.39. The van der Waals surface area contributed by atoms with Crippen molar-refractivity contribution >= 4 is 46.5 Å². The zero-order valence-corrected chi connectivity index (χ0v) is 12.6. The Kier molecular flexibility index (Phi) is 4.16. The van der Waals surface area contributed by atoms with Crippen LogP contribution in [0.25, 0.3) is 11.0 Å². The lowest BCUT2D eigenvalue weighted by Crippen LogP contribution is -1.95. The first-order valence-corrected chi connectivity index (χ1v) is 6.35. The summed E-state index contributed by atoms with van der Waals surface area (Å²) in [5.74, 6) is 0.786. The number of nitrogens with zero attached hydrogens (tertiary/aromatic N) is 2. The standard InChI is InChI=1S/C14H13ClN4.ClH/c1-8-9(2)18-13-12(8)14(17-7-16-13)19-11-5-3-4-10(15)6-11;/h3-7H,1-2H3,(H2,16,17,18,19);1H. The van der Waals surface area contributed by atoms with E-state index < -0.39 is 0 Å². The molecule has 0 aliphatic heterocycles. The summed E-state index contributed by atoms with van der Waals surface area (Å²) >= 11 is 5.99. The fourth-order valence-corrected chi connectivity index (χ4v) is 2.28. The van der Waals surface area contributed by atoms with Crippen LogP contribution in [0.3, 0.4) is 0 Å². The first-order chi connectivity index (χ1) is 9.15. The molecule has 1 aromatic carbocycles. The minimum Gasteiger partial charge on any atom is -0.343 e. The highest BCUT2D eigenvalue weighted by Crippen LogP contribution is 2.28. The van der Waals surface area contributed by atoms with Gasteiger partial charge in [0.05, 0.1) is 5.39 Å². The van der Waals surface area contributed by atoms with Crippen LogP contribution in [0.1, 0.15) is 11.3 Å². The lowest BCUT2D eigenvalue weighted by atomic mass is 10.2. The molecule has 104 valence electrons. The molecule has 0 saturated carbocycles. The molecular weight excluding hydrogens is 295 g/mol. The van der Waals surface area contributed by atoms with E-state index in [9.17, 15) is 0 Å². The number of nitrogens with one attached hydrogen (secondary N) is 2.